The Morgan fingerprint density at radius 3 is 2.92 bits per heavy atom. The monoisotopic (exact) mass is 372 g/mol. The van der Waals surface area contributed by atoms with Gasteiger partial charge in [0.15, 0.2) is 0 Å². The number of thiophene rings is 1. The Morgan fingerprint density at radius 2 is 2.15 bits per heavy atom. The average molecular weight is 372 g/mol. The number of nitrogens with one attached hydrogen (secondary N) is 1. The minimum atomic E-state index is -0.223. The molecule has 6 heteroatoms. The molecule has 1 amide bonds. The maximum Gasteiger partial charge on any atom is 0.234 e. The normalized spacial score (nSPS) is 23.9. The van der Waals surface area contributed by atoms with Crippen LogP contribution in [0.15, 0.2) is 41.8 Å². The number of fused-ring (bicyclic) bond motifs is 1. The molecule has 138 valence electrons. The van der Waals surface area contributed by atoms with Gasteiger partial charge in [-0.1, -0.05) is 24.3 Å². The molecular weight excluding hydrogens is 348 g/mol. The molecule has 5 nitrogen and oxygen atoms in total. The maximum absolute atomic E-state index is 12.7. The van der Waals surface area contributed by atoms with Gasteiger partial charge in [-0.25, -0.2) is 0 Å². The lowest BCUT2D eigenvalue weighted by molar-refractivity contribution is -0.124. The van der Waals surface area contributed by atoms with E-state index in [-0.39, 0.29) is 18.1 Å². The third-order valence-electron chi connectivity index (χ3n) is 5.19. The van der Waals surface area contributed by atoms with E-state index in [0.29, 0.717) is 19.1 Å². The van der Waals surface area contributed by atoms with Crippen LogP contribution in [0.5, 0.6) is 5.75 Å². The van der Waals surface area contributed by atoms with Crippen LogP contribution < -0.4 is 10.1 Å². The first kappa shape index (κ1) is 17.5. The molecule has 1 aromatic carbocycles. The van der Waals surface area contributed by atoms with Crippen LogP contribution in [0.1, 0.15) is 29.3 Å². The van der Waals surface area contributed by atoms with Gasteiger partial charge in [0.1, 0.15) is 12.4 Å². The van der Waals surface area contributed by atoms with Crippen molar-refractivity contribution in [2.75, 3.05) is 19.7 Å². The summed E-state index contributed by atoms with van der Waals surface area (Å²) in [6, 6.07) is 12.1. The minimum Gasteiger partial charge on any atom is -0.492 e. The van der Waals surface area contributed by atoms with Crippen molar-refractivity contribution in [3.8, 4) is 5.75 Å². The number of hydrogen-bond acceptors (Lipinski definition) is 5. The van der Waals surface area contributed by atoms with Crippen molar-refractivity contribution in [1.29, 1.82) is 0 Å². The van der Waals surface area contributed by atoms with Gasteiger partial charge < -0.3 is 15.2 Å². The number of nitrogens with zero attached hydrogens (tertiary/aromatic N) is 1. The molecule has 2 heterocycles. The van der Waals surface area contributed by atoms with Crippen LogP contribution in [-0.4, -0.2) is 41.7 Å². The molecule has 26 heavy (non-hydrogen) atoms. The van der Waals surface area contributed by atoms with Crippen LogP contribution in [0.3, 0.4) is 0 Å². The van der Waals surface area contributed by atoms with Gasteiger partial charge >= 0.3 is 0 Å². The van der Waals surface area contributed by atoms with Gasteiger partial charge in [0.05, 0.1) is 18.7 Å². The summed E-state index contributed by atoms with van der Waals surface area (Å²) in [5, 5.41) is 14.9. The van der Waals surface area contributed by atoms with Gasteiger partial charge in [-0.15, -0.1) is 11.3 Å². The molecule has 2 N–H and O–H groups in total. The van der Waals surface area contributed by atoms with E-state index in [1.807, 2.05) is 29.6 Å². The van der Waals surface area contributed by atoms with Crippen molar-refractivity contribution < 1.29 is 14.6 Å². The second-order valence-corrected chi connectivity index (χ2v) is 8.09. The fraction of sp³-hybridized carbons (Fsp3) is 0.450. The predicted molar refractivity (Wildman–Crippen MR) is 101 cm³/mol. The highest BCUT2D eigenvalue weighted by molar-refractivity contribution is 7.10. The van der Waals surface area contributed by atoms with Crippen molar-refractivity contribution in [2.45, 2.75) is 31.5 Å². The van der Waals surface area contributed by atoms with Gasteiger partial charge in [0.25, 0.3) is 0 Å². The fourth-order valence-electron chi connectivity index (χ4n) is 3.73. The number of ether oxygens (including phenoxy) is 1. The van der Waals surface area contributed by atoms with E-state index >= 15 is 0 Å². The predicted octanol–water partition coefficient (Wildman–Crippen LogP) is 2.57. The Labute approximate surface area is 157 Å². The summed E-state index contributed by atoms with van der Waals surface area (Å²) in [5.74, 6) is 1.26. The molecule has 0 saturated heterocycles. The Kier molecular flexibility index (Phi) is 5.24. The third-order valence-corrected chi connectivity index (χ3v) is 6.14. The lowest BCUT2D eigenvalue weighted by atomic mass is 9.77. The molecule has 1 aliphatic heterocycles. The summed E-state index contributed by atoms with van der Waals surface area (Å²) in [6.45, 7) is 2.39. The van der Waals surface area contributed by atoms with E-state index < -0.39 is 0 Å². The Morgan fingerprint density at radius 1 is 1.31 bits per heavy atom. The number of aliphatic hydroxyl groups is 1. The minimum absolute atomic E-state index is 0.00131. The zero-order valence-electron chi connectivity index (χ0n) is 14.6. The quantitative estimate of drug-likeness (QED) is 0.847. The number of benzene rings is 1. The third kappa shape index (κ3) is 3.92. The van der Waals surface area contributed by atoms with E-state index in [1.54, 1.807) is 11.3 Å². The highest BCUT2D eigenvalue weighted by Gasteiger charge is 2.36. The number of para-hydroxylation sites is 1. The summed E-state index contributed by atoms with van der Waals surface area (Å²) >= 11 is 1.66. The summed E-state index contributed by atoms with van der Waals surface area (Å²) in [7, 11) is 0. The molecule has 0 spiro atoms. The lowest BCUT2D eigenvalue weighted by Crippen LogP contribution is -2.44. The van der Waals surface area contributed by atoms with Gasteiger partial charge in [-0.3, -0.25) is 9.69 Å². The van der Waals surface area contributed by atoms with E-state index in [2.05, 4.69) is 22.3 Å². The first-order valence-corrected chi connectivity index (χ1v) is 10.0. The average Bonchev–Trinajstić information content (AvgIpc) is 3.05. The Bertz CT molecular complexity index is 743. The number of aliphatic hydroxyl groups excluding tert-OH is 1. The highest BCUT2D eigenvalue weighted by Crippen LogP contribution is 2.39. The molecule has 2 aliphatic rings. The van der Waals surface area contributed by atoms with E-state index in [9.17, 15) is 9.90 Å². The van der Waals surface area contributed by atoms with Gasteiger partial charge in [0.2, 0.25) is 5.91 Å². The van der Waals surface area contributed by atoms with Crippen LogP contribution in [0.25, 0.3) is 0 Å². The largest absolute Gasteiger partial charge is 0.492 e. The van der Waals surface area contributed by atoms with Crippen LogP contribution in [0.2, 0.25) is 0 Å². The van der Waals surface area contributed by atoms with Crippen LogP contribution in [-0.2, 0) is 11.3 Å². The van der Waals surface area contributed by atoms with Gasteiger partial charge in [-0.05, 0) is 36.3 Å². The smallest absolute Gasteiger partial charge is 0.234 e. The summed E-state index contributed by atoms with van der Waals surface area (Å²) < 4.78 is 5.78. The van der Waals surface area contributed by atoms with E-state index in [0.717, 1.165) is 37.2 Å². The molecule has 1 fully saturated rings. The topological polar surface area (TPSA) is 61.8 Å². The second-order valence-electron chi connectivity index (χ2n) is 7.11. The summed E-state index contributed by atoms with van der Waals surface area (Å²) in [4.78, 5) is 16.0. The molecule has 1 unspecified atom stereocenters. The molecule has 2 aromatic rings. The standard InChI is InChI=1S/C20H24N2O3S/c23-16-10-15(11-16)20(18-6-3-9-26-18)21-19(24)13-22-7-8-25-17-5-2-1-4-14(17)12-22/h1-6,9,15-16,20,23H,7-8,10-13H2,(H,21,24). The Balaban J connectivity index is 1.39. The number of carbonyl (C=O) groups excluding carboxylic acids is 1. The molecule has 1 saturated carbocycles. The van der Waals surface area contributed by atoms with Crippen molar-refractivity contribution in [3.63, 3.8) is 0 Å². The van der Waals surface area contributed by atoms with Crippen LogP contribution in [0.4, 0.5) is 0 Å². The van der Waals surface area contributed by atoms with Crippen molar-refractivity contribution in [1.82, 2.24) is 10.2 Å². The molecule has 1 aromatic heterocycles. The zero-order valence-corrected chi connectivity index (χ0v) is 15.5. The van der Waals surface area contributed by atoms with Crippen molar-refractivity contribution >= 4 is 17.2 Å². The van der Waals surface area contributed by atoms with Crippen LogP contribution in [0, 0.1) is 5.92 Å². The molecule has 0 bridgehead atoms. The lowest BCUT2D eigenvalue weighted by Gasteiger charge is -2.38. The first-order chi connectivity index (χ1) is 12.7. The van der Waals surface area contributed by atoms with Gasteiger partial charge in [0, 0.05) is 23.5 Å². The summed E-state index contributed by atoms with van der Waals surface area (Å²) in [5.41, 5.74) is 1.12. The van der Waals surface area contributed by atoms with Crippen molar-refractivity contribution in [3.05, 3.63) is 52.2 Å². The SMILES string of the molecule is O=C(CN1CCOc2ccccc2C1)NC(c1cccs1)C1CC(O)C1. The number of amides is 1. The van der Waals surface area contributed by atoms with Crippen molar-refractivity contribution in [2.24, 2.45) is 5.92 Å². The maximum atomic E-state index is 12.7. The van der Waals surface area contributed by atoms with Crippen LogP contribution >= 0.6 is 11.3 Å². The molecular formula is C20H24N2O3S. The van der Waals surface area contributed by atoms with Gasteiger partial charge in [-0.2, -0.15) is 0 Å². The van der Waals surface area contributed by atoms with E-state index in [4.69, 9.17) is 4.74 Å². The second kappa shape index (κ2) is 7.78. The molecule has 1 atom stereocenters. The first-order valence-electron chi connectivity index (χ1n) is 9.13. The number of hydrogen-bond donors (Lipinski definition) is 2. The molecule has 1 aliphatic carbocycles. The highest BCUT2D eigenvalue weighted by atomic mass is 32.1. The summed E-state index contributed by atoms with van der Waals surface area (Å²) in [6.07, 6.45) is 1.29. The number of carbonyl (C=O) groups is 1. The molecule has 4 rings (SSSR count). The van der Waals surface area contributed by atoms with E-state index in [1.165, 1.54) is 4.88 Å². The fourth-order valence-corrected chi connectivity index (χ4v) is 4.60. The zero-order chi connectivity index (χ0) is 17.9. The molecule has 0 radical (unpaired) electrons. The Hall–Kier alpha value is -1.89. The number of rotatable bonds is 5.